The summed E-state index contributed by atoms with van der Waals surface area (Å²) in [6.45, 7) is 1.05. The number of fused-ring (bicyclic) bond motifs is 1. The van der Waals surface area contributed by atoms with Crippen LogP contribution in [0.4, 0.5) is 8.78 Å². The molecule has 1 aromatic carbocycles. The van der Waals surface area contributed by atoms with Gasteiger partial charge < -0.3 is 9.64 Å². The molecule has 6 nitrogen and oxygen atoms in total. The number of amides is 1. The smallest absolute Gasteiger partial charge is 0.230 e. The van der Waals surface area contributed by atoms with E-state index >= 15 is 0 Å². The molecule has 1 aliphatic carbocycles. The van der Waals surface area contributed by atoms with E-state index in [1.54, 1.807) is 11.9 Å². The second kappa shape index (κ2) is 7.87. The van der Waals surface area contributed by atoms with Crippen LogP contribution in [-0.2, 0) is 9.53 Å². The van der Waals surface area contributed by atoms with Gasteiger partial charge in [0.05, 0.1) is 30.0 Å². The normalized spacial score (nSPS) is 29.7. The van der Waals surface area contributed by atoms with Gasteiger partial charge in [-0.05, 0) is 43.9 Å². The molecule has 2 saturated heterocycles. The number of allylic oxidation sites excluding steroid dienone is 1. The molecule has 4 heterocycles. The zero-order chi connectivity index (χ0) is 22.7. The zero-order valence-corrected chi connectivity index (χ0v) is 18.5. The Kier molecular flexibility index (Phi) is 4.94. The van der Waals surface area contributed by atoms with Crippen LogP contribution >= 0.6 is 0 Å². The summed E-state index contributed by atoms with van der Waals surface area (Å²) >= 11 is 0. The molecule has 0 spiro atoms. The van der Waals surface area contributed by atoms with Crippen molar-refractivity contribution in [2.75, 3.05) is 20.2 Å². The quantitative estimate of drug-likeness (QED) is 0.703. The molecule has 0 radical (unpaired) electrons. The van der Waals surface area contributed by atoms with E-state index in [4.69, 9.17) is 9.73 Å². The van der Waals surface area contributed by atoms with E-state index in [0.717, 1.165) is 30.2 Å². The van der Waals surface area contributed by atoms with Gasteiger partial charge in [-0.1, -0.05) is 0 Å². The monoisotopic (exact) mass is 452 g/mol. The van der Waals surface area contributed by atoms with Crippen LogP contribution in [0.3, 0.4) is 0 Å². The van der Waals surface area contributed by atoms with Crippen molar-refractivity contribution < 1.29 is 18.3 Å². The largest absolute Gasteiger partial charge is 0.373 e. The summed E-state index contributed by atoms with van der Waals surface area (Å²) in [6.07, 6.45) is 9.70. The molecule has 1 saturated carbocycles. The maximum absolute atomic E-state index is 14.7. The summed E-state index contributed by atoms with van der Waals surface area (Å²) in [7, 11) is 1.76. The van der Waals surface area contributed by atoms with Gasteiger partial charge in [-0.3, -0.25) is 14.5 Å². The van der Waals surface area contributed by atoms with Crippen molar-refractivity contribution >= 4 is 11.6 Å². The standard InChI is InChI=1S/C25H26F2N4O2/c1-30-13-20-19(25(30)32)10-22(29-24(20)18-5-2-16(26)9-21(18)27)14-6-7-33-23(8-14)15-11-28-31(12-15)17-3-4-17/h2,5,9-12,14,17,19-20,23H,3-4,6-8,13H2,1H3/t14-,19?,20?,23-/m1/s1. The van der Waals surface area contributed by atoms with Crippen molar-refractivity contribution in [1.82, 2.24) is 14.7 Å². The highest BCUT2D eigenvalue weighted by molar-refractivity contribution is 6.07. The zero-order valence-electron chi connectivity index (χ0n) is 18.5. The second-order valence-electron chi connectivity index (χ2n) is 9.63. The Hall–Kier alpha value is -2.87. The van der Waals surface area contributed by atoms with Crippen molar-refractivity contribution in [3.8, 4) is 0 Å². The Morgan fingerprint density at radius 1 is 1.18 bits per heavy atom. The van der Waals surface area contributed by atoms with Gasteiger partial charge in [0.2, 0.25) is 5.91 Å². The van der Waals surface area contributed by atoms with Crippen LogP contribution in [0.2, 0.25) is 0 Å². The van der Waals surface area contributed by atoms with Gasteiger partial charge in [0, 0.05) is 61.1 Å². The Morgan fingerprint density at radius 3 is 2.82 bits per heavy atom. The predicted octanol–water partition coefficient (Wildman–Crippen LogP) is 4.06. The number of hydrogen-bond acceptors (Lipinski definition) is 4. The number of nitrogens with zero attached hydrogens (tertiary/aromatic N) is 4. The number of carbonyl (C=O) groups excluding carboxylic acids is 1. The van der Waals surface area contributed by atoms with E-state index < -0.39 is 11.6 Å². The van der Waals surface area contributed by atoms with Crippen molar-refractivity contribution in [3.05, 3.63) is 65.1 Å². The minimum Gasteiger partial charge on any atom is -0.373 e. The van der Waals surface area contributed by atoms with Crippen LogP contribution in [-0.4, -0.2) is 46.5 Å². The van der Waals surface area contributed by atoms with E-state index in [2.05, 4.69) is 11.3 Å². The van der Waals surface area contributed by atoms with Crippen molar-refractivity contribution in [2.24, 2.45) is 22.7 Å². The molecule has 0 N–H and O–H groups in total. The molecule has 33 heavy (non-hydrogen) atoms. The first kappa shape index (κ1) is 20.7. The topological polar surface area (TPSA) is 59.7 Å². The fourth-order valence-electron chi connectivity index (χ4n) is 5.35. The molecule has 2 unspecified atom stereocenters. The van der Waals surface area contributed by atoms with Crippen molar-refractivity contribution in [2.45, 2.75) is 37.8 Å². The van der Waals surface area contributed by atoms with Crippen molar-refractivity contribution in [1.29, 1.82) is 0 Å². The van der Waals surface area contributed by atoms with E-state index in [1.807, 2.05) is 17.0 Å². The summed E-state index contributed by atoms with van der Waals surface area (Å²) in [5.74, 6) is -1.78. The number of aromatic nitrogens is 2. The fraction of sp³-hybridized carbons (Fsp3) is 0.480. The molecular weight excluding hydrogens is 426 g/mol. The summed E-state index contributed by atoms with van der Waals surface area (Å²) < 4.78 is 36.4. The summed E-state index contributed by atoms with van der Waals surface area (Å²) in [6, 6.07) is 4.08. The number of rotatable bonds is 4. The molecule has 172 valence electrons. The molecule has 1 amide bonds. The number of aliphatic imine (C=N–C) groups is 1. The third kappa shape index (κ3) is 3.70. The summed E-state index contributed by atoms with van der Waals surface area (Å²) in [5, 5.41) is 4.49. The van der Waals surface area contributed by atoms with E-state index in [0.29, 0.717) is 24.9 Å². The Morgan fingerprint density at radius 2 is 2.03 bits per heavy atom. The van der Waals surface area contributed by atoms with Crippen LogP contribution in [0.15, 0.2) is 47.4 Å². The van der Waals surface area contributed by atoms with Crippen LogP contribution in [0.25, 0.3) is 0 Å². The van der Waals surface area contributed by atoms with Gasteiger partial charge >= 0.3 is 0 Å². The van der Waals surface area contributed by atoms with Crippen molar-refractivity contribution in [3.63, 3.8) is 0 Å². The average Bonchev–Trinajstić information content (AvgIpc) is 3.47. The third-order valence-corrected chi connectivity index (χ3v) is 7.34. The highest BCUT2D eigenvalue weighted by Gasteiger charge is 2.44. The Balaban J connectivity index is 1.32. The minimum absolute atomic E-state index is 0.0155. The minimum atomic E-state index is -0.645. The molecule has 6 rings (SSSR count). The lowest BCUT2D eigenvalue weighted by molar-refractivity contribution is -0.128. The second-order valence-corrected chi connectivity index (χ2v) is 9.63. The predicted molar refractivity (Wildman–Crippen MR) is 118 cm³/mol. The maximum atomic E-state index is 14.7. The lowest BCUT2D eigenvalue weighted by Crippen LogP contribution is -2.30. The molecule has 8 heteroatoms. The molecule has 4 aliphatic rings. The SMILES string of the molecule is CN1CC2C(c3ccc(F)cc3F)=NC([C@@H]3CCO[C@@H](c4cnn(C5CC5)c4)C3)=CC2C1=O. The molecule has 3 aliphatic heterocycles. The van der Waals surface area contributed by atoms with E-state index in [1.165, 1.54) is 25.0 Å². The first-order chi connectivity index (χ1) is 16.0. The number of hydrogen-bond donors (Lipinski definition) is 0. The summed E-state index contributed by atoms with van der Waals surface area (Å²) in [5.41, 5.74) is 2.68. The Labute approximate surface area is 190 Å². The van der Waals surface area contributed by atoms with Gasteiger partial charge in [0.1, 0.15) is 11.6 Å². The van der Waals surface area contributed by atoms with Crippen LogP contribution in [0.5, 0.6) is 0 Å². The number of ether oxygens (including phenoxy) is 1. The lowest BCUT2D eigenvalue weighted by atomic mass is 9.81. The summed E-state index contributed by atoms with van der Waals surface area (Å²) in [4.78, 5) is 19.5. The van der Waals surface area contributed by atoms with Gasteiger partial charge in [-0.2, -0.15) is 5.10 Å². The maximum Gasteiger partial charge on any atom is 0.230 e. The highest BCUT2D eigenvalue weighted by Crippen LogP contribution is 2.42. The number of likely N-dealkylation sites (tertiary alicyclic amines) is 1. The lowest BCUT2D eigenvalue weighted by Gasteiger charge is -2.32. The van der Waals surface area contributed by atoms with Gasteiger partial charge in [0.15, 0.2) is 0 Å². The average molecular weight is 453 g/mol. The van der Waals surface area contributed by atoms with Gasteiger partial charge in [0.25, 0.3) is 0 Å². The molecule has 2 aromatic rings. The molecular formula is C25H26F2N4O2. The number of carbonyl (C=O) groups is 1. The van der Waals surface area contributed by atoms with Crippen LogP contribution in [0.1, 0.15) is 49.0 Å². The van der Waals surface area contributed by atoms with Crippen LogP contribution in [0, 0.1) is 29.4 Å². The molecule has 0 bridgehead atoms. The highest BCUT2D eigenvalue weighted by atomic mass is 19.1. The van der Waals surface area contributed by atoms with Gasteiger partial charge in [-0.25, -0.2) is 8.78 Å². The first-order valence-corrected chi connectivity index (χ1v) is 11.6. The number of benzene rings is 1. The molecule has 1 aromatic heterocycles. The first-order valence-electron chi connectivity index (χ1n) is 11.6. The van der Waals surface area contributed by atoms with Gasteiger partial charge in [-0.15, -0.1) is 0 Å². The third-order valence-electron chi connectivity index (χ3n) is 7.34. The molecule has 3 fully saturated rings. The number of halogens is 2. The van der Waals surface area contributed by atoms with E-state index in [-0.39, 0.29) is 35.3 Å². The van der Waals surface area contributed by atoms with Crippen LogP contribution < -0.4 is 0 Å². The molecule has 4 atom stereocenters. The van der Waals surface area contributed by atoms with E-state index in [9.17, 15) is 13.6 Å². The fourth-order valence-corrected chi connectivity index (χ4v) is 5.35. The Bertz CT molecular complexity index is 1170.